The van der Waals surface area contributed by atoms with Gasteiger partial charge in [0.2, 0.25) is 0 Å². The second-order valence-electron chi connectivity index (χ2n) is 5.37. The van der Waals surface area contributed by atoms with E-state index in [2.05, 4.69) is 30.0 Å². The van der Waals surface area contributed by atoms with Crippen LogP contribution in [0.4, 0.5) is 5.69 Å². The van der Waals surface area contributed by atoms with E-state index in [4.69, 9.17) is 0 Å². The molecule has 2 nitrogen and oxygen atoms in total. The summed E-state index contributed by atoms with van der Waals surface area (Å²) in [6, 6.07) is 8.92. The fourth-order valence-electron chi connectivity index (χ4n) is 2.88. The second-order valence-corrected chi connectivity index (χ2v) is 5.37. The predicted molar refractivity (Wildman–Crippen MR) is 77.0 cm³/mol. The number of rotatable bonds is 3. The van der Waals surface area contributed by atoms with Gasteiger partial charge in [0.25, 0.3) is 0 Å². The van der Waals surface area contributed by atoms with Crippen molar-refractivity contribution in [1.29, 1.82) is 0 Å². The van der Waals surface area contributed by atoms with Crippen LogP contribution in [0.3, 0.4) is 0 Å². The molecule has 0 aliphatic carbocycles. The monoisotopic (exact) mass is 247 g/mol. The summed E-state index contributed by atoms with van der Waals surface area (Å²) < 4.78 is 0. The number of nitrogens with zero attached hydrogens (tertiary/aromatic N) is 1. The molecule has 0 aromatic heterocycles. The van der Waals surface area contributed by atoms with Crippen molar-refractivity contribution >= 4 is 5.69 Å². The van der Waals surface area contributed by atoms with Gasteiger partial charge in [0.15, 0.2) is 0 Å². The third kappa shape index (κ3) is 2.86. The molecule has 1 aromatic rings. The Morgan fingerprint density at radius 1 is 1.28 bits per heavy atom. The largest absolute Gasteiger partial charge is 0.388 e. The molecule has 0 bridgehead atoms. The van der Waals surface area contributed by atoms with Crippen LogP contribution in [-0.2, 0) is 0 Å². The van der Waals surface area contributed by atoms with E-state index in [-0.39, 0.29) is 6.10 Å². The van der Waals surface area contributed by atoms with Gasteiger partial charge >= 0.3 is 0 Å². The Hall–Kier alpha value is -1.02. The Labute approximate surface area is 111 Å². The zero-order valence-corrected chi connectivity index (χ0v) is 11.6. The Morgan fingerprint density at radius 3 is 2.83 bits per heavy atom. The molecule has 18 heavy (non-hydrogen) atoms. The molecular weight excluding hydrogens is 222 g/mol. The summed E-state index contributed by atoms with van der Waals surface area (Å²) in [5, 5.41) is 10.2. The molecule has 0 saturated carbocycles. The third-order valence-corrected chi connectivity index (χ3v) is 4.04. The first-order valence-corrected chi connectivity index (χ1v) is 7.27. The van der Waals surface area contributed by atoms with Crippen LogP contribution in [0.2, 0.25) is 0 Å². The van der Waals surface area contributed by atoms with Crippen LogP contribution in [0.15, 0.2) is 24.3 Å². The van der Waals surface area contributed by atoms with Gasteiger partial charge in [-0.15, -0.1) is 0 Å². The zero-order chi connectivity index (χ0) is 13.0. The molecule has 1 fully saturated rings. The van der Waals surface area contributed by atoms with Crippen molar-refractivity contribution in [3.8, 4) is 0 Å². The molecule has 1 aliphatic rings. The first-order chi connectivity index (χ1) is 8.74. The topological polar surface area (TPSA) is 23.5 Å². The van der Waals surface area contributed by atoms with E-state index >= 15 is 0 Å². The van der Waals surface area contributed by atoms with Crippen molar-refractivity contribution in [2.75, 3.05) is 11.4 Å². The normalized spacial score (nSPS) is 22.6. The summed E-state index contributed by atoms with van der Waals surface area (Å²) >= 11 is 0. The van der Waals surface area contributed by atoms with Crippen LogP contribution in [-0.4, -0.2) is 17.7 Å². The SMILES string of the molecule is CCC(O)c1ccccc1N1CCCCCC1C. The maximum atomic E-state index is 10.2. The Kier molecular flexibility index (Phi) is 4.65. The van der Waals surface area contributed by atoms with E-state index in [0.717, 1.165) is 18.5 Å². The highest BCUT2D eigenvalue weighted by atomic mass is 16.3. The Morgan fingerprint density at radius 2 is 2.06 bits per heavy atom. The van der Waals surface area contributed by atoms with Crippen molar-refractivity contribution in [2.45, 2.75) is 58.1 Å². The van der Waals surface area contributed by atoms with Gasteiger partial charge in [-0.3, -0.25) is 0 Å². The lowest BCUT2D eigenvalue weighted by Gasteiger charge is -2.32. The fraction of sp³-hybridized carbons (Fsp3) is 0.625. The average molecular weight is 247 g/mol. The molecule has 1 saturated heterocycles. The lowest BCUT2D eigenvalue weighted by atomic mass is 10.0. The lowest BCUT2D eigenvalue weighted by molar-refractivity contribution is 0.174. The number of para-hydroxylation sites is 1. The summed E-state index contributed by atoms with van der Waals surface area (Å²) in [7, 11) is 0. The quantitative estimate of drug-likeness (QED) is 0.875. The van der Waals surface area contributed by atoms with Crippen LogP contribution >= 0.6 is 0 Å². The Bertz CT molecular complexity index is 377. The minimum atomic E-state index is -0.336. The van der Waals surface area contributed by atoms with Crippen molar-refractivity contribution in [3.05, 3.63) is 29.8 Å². The van der Waals surface area contributed by atoms with Crippen LogP contribution in [0, 0.1) is 0 Å². The molecule has 1 N–H and O–H groups in total. The van der Waals surface area contributed by atoms with Crippen molar-refractivity contribution < 1.29 is 5.11 Å². The van der Waals surface area contributed by atoms with E-state index in [9.17, 15) is 5.11 Å². The molecule has 0 spiro atoms. The lowest BCUT2D eigenvalue weighted by Crippen LogP contribution is -2.33. The summed E-state index contributed by atoms with van der Waals surface area (Å²) in [5.74, 6) is 0. The number of aliphatic hydroxyl groups is 1. The van der Waals surface area contributed by atoms with Gasteiger partial charge in [0, 0.05) is 23.8 Å². The number of anilines is 1. The van der Waals surface area contributed by atoms with Crippen molar-refractivity contribution in [2.24, 2.45) is 0 Å². The van der Waals surface area contributed by atoms with E-state index in [1.54, 1.807) is 0 Å². The zero-order valence-electron chi connectivity index (χ0n) is 11.6. The maximum Gasteiger partial charge on any atom is 0.0807 e. The molecular formula is C16H25NO. The molecule has 2 atom stereocenters. The van der Waals surface area contributed by atoms with Crippen LogP contribution in [0.25, 0.3) is 0 Å². The van der Waals surface area contributed by atoms with E-state index in [1.807, 2.05) is 13.0 Å². The van der Waals surface area contributed by atoms with Gasteiger partial charge < -0.3 is 10.0 Å². The van der Waals surface area contributed by atoms with Crippen molar-refractivity contribution in [3.63, 3.8) is 0 Å². The van der Waals surface area contributed by atoms with Crippen LogP contribution in [0.1, 0.15) is 57.6 Å². The summed E-state index contributed by atoms with van der Waals surface area (Å²) in [6.45, 7) is 5.46. The van der Waals surface area contributed by atoms with Gasteiger partial charge in [-0.05, 0) is 32.3 Å². The predicted octanol–water partition coefficient (Wildman–Crippen LogP) is 3.90. The van der Waals surface area contributed by atoms with Gasteiger partial charge in [0.05, 0.1) is 6.10 Å². The summed E-state index contributed by atoms with van der Waals surface area (Å²) in [6.07, 6.45) is 5.63. The first kappa shape index (κ1) is 13.4. The minimum absolute atomic E-state index is 0.336. The third-order valence-electron chi connectivity index (χ3n) is 4.04. The molecule has 2 unspecified atom stereocenters. The summed E-state index contributed by atoms with van der Waals surface area (Å²) in [5.41, 5.74) is 2.33. The molecule has 2 heteroatoms. The number of hydrogen-bond acceptors (Lipinski definition) is 2. The number of benzene rings is 1. The van der Waals surface area contributed by atoms with Gasteiger partial charge in [-0.1, -0.05) is 38.0 Å². The smallest absolute Gasteiger partial charge is 0.0807 e. The highest BCUT2D eigenvalue weighted by molar-refractivity contribution is 5.55. The molecule has 0 amide bonds. The molecule has 1 heterocycles. The highest BCUT2D eigenvalue weighted by Gasteiger charge is 2.21. The molecule has 1 aliphatic heterocycles. The van der Waals surface area contributed by atoms with E-state index in [0.29, 0.717) is 6.04 Å². The Balaban J connectivity index is 2.30. The van der Waals surface area contributed by atoms with Crippen LogP contribution in [0.5, 0.6) is 0 Å². The number of hydrogen-bond donors (Lipinski definition) is 1. The molecule has 2 rings (SSSR count). The first-order valence-electron chi connectivity index (χ1n) is 7.27. The minimum Gasteiger partial charge on any atom is -0.388 e. The summed E-state index contributed by atoms with van der Waals surface area (Å²) in [4.78, 5) is 2.49. The van der Waals surface area contributed by atoms with Gasteiger partial charge in [0.1, 0.15) is 0 Å². The molecule has 1 aromatic carbocycles. The van der Waals surface area contributed by atoms with E-state index in [1.165, 1.54) is 31.4 Å². The average Bonchev–Trinajstić information content (AvgIpc) is 2.62. The molecule has 0 radical (unpaired) electrons. The maximum absolute atomic E-state index is 10.2. The molecule has 100 valence electrons. The highest BCUT2D eigenvalue weighted by Crippen LogP contribution is 2.31. The second kappa shape index (κ2) is 6.24. The fourth-order valence-corrected chi connectivity index (χ4v) is 2.88. The van der Waals surface area contributed by atoms with Gasteiger partial charge in [-0.25, -0.2) is 0 Å². The van der Waals surface area contributed by atoms with Crippen LogP contribution < -0.4 is 4.90 Å². The van der Waals surface area contributed by atoms with Crippen molar-refractivity contribution in [1.82, 2.24) is 0 Å². The van der Waals surface area contributed by atoms with E-state index < -0.39 is 0 Å². The van der Waals surface area contributed by atoms with Gasteiger partial charge in [-0.2, -0.15) is 0 Å². The number of aliphatic hydroxyl groups excluding tert-OH is 1. The standard InChI is InChI=1S/C16H25NO/c1-3-16(18)14-10-6-7-11-15(14)17-12-8-4-5-9-13(17)2/h6-7,10-11,13,16,18H,3-5,8-9,12H2,1-2H3.